The number of hydrogen-bond donors (Lipinski definition) is 0. The predicted molar refractivity (Wildman–Crippen MR) is 162 cm³/mol. The van der Waals surface area contributed by atoms with E-state index in [0.29, 0.717) is 0 Å². The van der Waals surface area contributed by atoms with Gasteiger partial charge in [0.1, 0.15) is 0 Å². The molecular formula is C32H44Cl2HfSi. The third kappa shape index (κ3) is 4.54. The molecule has 0 saturated carbocycles. The van der Waals surface area contributed by atoms with Gasteiger partial charge >= 0.3 is 231 Å². The molecule has 36 heavy (non-hydrogen) atoms. The molecule has 2 unspecified atom stereocenters. The Morgan fingerprint density at radius 3 is 1.42 bits per heavy atom. The number of rotatable bonds is 9. The number of hydrogen-bond acceptors (Lipinski definition) is 0. The first-order chi connectivity index (χ1) is 17.1. The molecule has 2 aliphatic carbocycles. The summed E-state index contributed by atoms with van der Waals surface area (Å²) in [6.45, 7) is 16.1. The minimum absolute atomic E-state index is 0.0184. The maximum absolute atomic E-state index is 8.48. The van der Waals surface area contributed by atoms with Crippen LogP contribution < -0.4 is 0 Å². The van der Waals surface area contributed by atoms with E-state index in [1.54, 1.807) is 0 Å². The first-order valence-corrected chi connectivity index (χ1v) is 34.9. The van der Waals surface area contributed by atoms with Gasteiger partial charge in [-0.05, 0) is 0 Å². The Bertz CT molecular complexity index is 1220. The molecule has 4 rings (SSSR count). The van der Waals surface area contributed by atoms with Gasteiger partial charge in [0.25, 0.3) is 0 Å². The van der Waals surface area contributed by atoms with Gasteiger partial charge in [-0.2, -0.15) is 0 Å². The van der Waals surface area contributed by atoms with Crippen LogP contribution in [0.5, 0.6) is 0 Å². The summed E-state index contributed by atoms with van der Waals surface area (Å²) in [6.07, 6.45) is 11.5. The van der Waals surface area contributed by atoms with Crippen molar-refractivity contribution in [1.29, 1.82) is 0 Å². The fraction of sp³-hybridized carbons (Fsp3) is 0.500. The zero-order chi connectivity index (χ0) is 26.3. The Morgan fingerprint density at radius 2 is 1.06 bits per heavy atom. The monoisotopic (exact) mass is 706 g/mol. The van der Waals surface area contributed by atoms with Crippen molar-refractivity contribution in [2.45, 2.75) is 100 Å². The molecule has 2 aromatic carbocycles. The summed E-state index contributed by atoms with van der Waals surface area (Å²) < 4.78 is 0.450. The quantitative estimate of drug-likeness (QED) is 0.180. The van der Waals surface area contributed by atoms with Gasteiger partial charge in [0.05, 0.1) is 0 Å². The van der Waals surface area contributed by atoms with Crippen molar-refractivity contribution in [1.82, 2.24) is 0 Å². The summed E-state index contributed by atoms with van der Waals surface area (Å²) >= 11 is -4.73. The van der Waals surface area contributed by atoms with Gasteiger partial charge in [-0.15, -0.1) is 0 Å². The van der Waals surface area contributed by atoms with Crippen LogP contribution in [0.25, 0.3) is 12.2 Å². The average Bonchev–Trinajstić information content (AvgIpc) is 3.41. The Balaban J connectivity index is 2.09. The zero-order valence-corrected chi connectivity index (χ0v) is 29.7. The standard InChI is InChI=1S/2C14H17.C4H10Si.2ClH.Hf/c2*1-4-11-6-7-12(5-2)14-9-10(3)8-13(11)14;1-2-3-4-5;;;/h2*6-9H,4-5H2,1-3H3;5H,2-4H2,1H3;2*1H;/q;;;;;+2/p-2. The van der Waals surface area contributed by atoms with Gasteiger partial charge in [0, 0.05) is 0 Å². The van der Waals surface area contributed by atoms with E-state index in [1.165, 1.54) is 74.5 Å². The van der Waals surface area contributed by atoms with Crippen molar-refractivity contribution in [3.63, 3.8) is 0 Å². The van der Waals surface area contributed by atoms with Crippen LogP contribution in [0.3, 0.4) is 0 Å². The summed E-state index contributed by atoms with van der Waals surface area (Å²) in [5, 5.41) is 0. The molecule has 2 aliphatic rings. The number of halogens is 2. The Morgan fingerprint density at radius 1 is 0.667 bits per heavy atom. The molecule has 0 N–H and O–H groups in total. The van der Waals surface area contributed by atoms with Crippen molar-refractivity contribution in [2.75, 3.05) is 0 Å². The second kappa shape index (κ2) is 11.0. The second-order valence-electron chi connectivity index (χ2n) is 11.1. The van der Waals surface area contributed by atoms with Crippen LogP contribution in [-0.4, -0.2) is 6.22 Å². The molecule has 0 aliphatic heterocycles. The van der Waals surface area contributed by atoms with Crippen LogP contribution in [0.2, 0.25) is 6.04 Å². The third-order valence-corrected chi connectivity index (χ3v) is 55.3. The van der Waals surface area contributed by atoms with E-state index < -0.39 is 14.8 Å². The van der Waals surface area contributed by atoms with Gasteiger partial charge in [-0.1, -0.05) is 0 Å². The van der Waals surface area contributed by atoms with Crippen LogP contribution >= 0.6 is 17.2 Å². The fourth-order valence-corrected chi connectivity index (χ4v) is 58.1. The molecule has 0 radical (unpaired) electrons. The van der Waals surface area contributed by atoms with E-state index in [0.717, 1.165) is 25.7 Å². The zero-order valence-electron chi connectivity index (χ0n) is 23.4. The SMILES string of the molecule is CCCC[SiH]=[Hf]([Cl])([Cl])([CH]1C(C)=Cc2c(CC)ccc(CC)c21)[CH]1C(C)=Cc2c(CC)ccc(CC)c21. The van der Waals surface area contributed by atoms with Gasteiger partial charge in [-0.3, -0.25) is 0 Å². The molecule has 0 heterocycles. The Hall–Kier alpha value is -0.413. The van der Waals surface area contributed by atoms with E-state index >= 15 is 0 Å². The van der Waals surface area contributed by atoms with Crippen molar-refractivity contribution in [3.05, 3.63) is 79.9 Å². The number of allylic oxidation sites excluding steroid dienone is 2. The number of unbranched alkanes of at least 4 members (excludes halogenated alkanes) is 1. The van der Waals surface area contributed by atoms with Crippen LogP contribution in [0.15, 0.2) is 35.4 Å². The molecule has 0 fully saturated rings. The van der Waals surface area contributed by atoms with Crippen molar-refractivity contribution in [3.8, 4) is 0 Å². The Labute approximate surface area is 229 Å². The molecule has 0 saturated heterocycles. The topological polar surface area (TPSA) is 0 Å². The third-order valence-electron chi connectivity index (χ3n) is 8.89. The first-order valence-electron chi connectivity index (χ1n) is 14.2. The Kier molecular flexibility index (Phi) is 8.73. The molecule has 2 atom stereocenters. The number of benzene rings is 2. The maximum atomic E-state index is 8.48. The second-order valence-corrected chi connectivity index (χ2v) is 61.0. The van der Waals surface area contributed by atoms with Crippen LogP contribution in [-0.2, 0) is 40.4 Å². The first kappa shape index (κ1) is 28.6. The molecule has 2 aromatic rings. The molecule has 0 nitrogen and oxygen atoms in total. The predicted octanol–water partition coefficient (Wildman–Crippen LogP) is 10.1. The molecular weight excluding hydrogens is 662 g/mol. The van der Waals surface area contributed by atoms with Gasteiger partial charge in [0.15, 0.2) is 0 Å². The molecule has 4 heteroatoms. The summed E-state index contributed by atoms with van der Waals surface area (Å²) in [5.74, 6) is 0. The van der Waals surface area contributed by atoms with Crippen molar-refractivity contribution >= 4 is 35.5 Å². The van der Waals surface area contributed by atoms with E-state index in [1.807, 2.05) is 0 Å². The van der Waals surface area contributed by atoms with Gasteiger partial charge < -0.3 is 0 Å². The van der Waals surface area contributed by atoms with Crippen LogP contribution in [0, 0.1) is 0 Å². The van der Waals surface area contributed by atoms with Gasteiger partial charge in [-0.25, -0.2) is 0 Å². The minimum atomic E-state index is -4.73. The normalized spacial score (nSPS) is 19.2. The molecule has 0 bridgehead atoms. The van der Waals surface area contributed by atoms with E-state index in [2.05, 4.69) is 84.9 Å². The molecule has 0 amide bonds. The van der Waals surface area contributed by atoms with E-state index in [9.17, 15) is 0 Å². The van der Waals surface area contributed by atoms with Crippen molar-refractivity contribution < 1.29 is 14.8 Å². The summed E-state index contributed by atoms with van der Waals surface area (Å²) in [7, 11) is 17.0. The molecule has 0 spiro atoms. The summed E-state index contributed by atoms with van der Waals surface area (Å²) in [5.41, 5.74) is 14.5. The van der Waals surface area contributed by atoms with Crippen LogP contribution in [0.4, 0.5) is 0 Å². The average molecular weight is 706 g/mol. The summed E-state index contributed by atoms with van der Waals surface area (Å²) in [4.78, 5) is 0. The van der Waals surface area contributed by atoms with Gasteiger partial charge in [0.2, 0.25) is 0 Å². The van der Waals surface area contributed by atoms with E-state index in [-0.39, 0.29) is 13.6 Å². The number of aryl methyl sites for hydroxylation is 4. The summed E-state index contributed by atoms with van der Waals surface area (Å²) in [6, 6.07) is 10.7. The fourth-order valence-electron chi connectivity index (χ4n) is 7.19. The van der Waals surface area contributed by atoms with E-state index in [4.69, 9.17) is 17.2 Å². The number of fused-ring (bicyclic) bond motifs is 2. The molecule has 0 aromatic heterocycles. The van der Waals surface area contributed by atoms with Crippen LogP contribution in [0.1, 0.15) is 113 Å². The molecule has 194 valence electrons. The van der Waals surface area contributed by atoms with Crippen molar-refractivity contribution in [2.24, 2.45) is 0 Å².